The van der Waals surface area contributed by atoms with Gasteiger partial charge in [0.05, 0.1) is 6.20 Å². The number of aromatic nitrogens is 2. The van der Waals surface area contributed by atoms with Gasteiger partial charge in [0.2, 0.25) is 11.8 Å². The molecule has 2 amide bonds. The Bertz CT molecular complexity index is 799. The predicted molar refractivity (Wildman–Crippen MR) is 93.2 cm³/mol. The van der Waals surface area contributed by atoms with Crippen molar-refractivity contribution in [3.05, 3.63) is 52.8 Å². The molecule has 7 heteroatoms. The summed E-state index contributed by atoms with van der Waals surface area (Å²) in [5, 5.41) is 4.20. The second kappa shape index (κ2) is 7.06. The van der Waals surface area contributed by atoms with Crippen LogP contribution in [0.25, 0.3) is 0 Å². The lowest BCUT2D eigenvalue weighted by molar-refractivity contribution is -0.140. The molecule has 0 aliphatic carbocycles. The molecule has 0 saturated heterocycles. The standard InChI is InChI=1S/C18H23N5O2/c1-22-15-7-8-23(17(18(20)25)14(15)11-21-22)16(24)6-5-12-3-2-4-13(9-12)10-19/h2-4,9,11,17H,5-8,10,19H2,1H3,(H2,20,25). The minimum Gasteiger partial charge on any atom is -0.368 e. The molecule has 2 heterocycles. The van der Waals surface area contributed by atoms with Gasteiger partial charge in [-0.05, 0) is 17.5 Å². The number of nitrogens with two attached hydrogens (primary N) is 2. The number of aryl methyl sites for hydroxylation is 2. The van der Waals surface area contributed by atoms with Crippen LogP contribution in [-0.4, -0.2) is 33.0 Å². The van der Waals surface area contributed by atoms with Crippen molar-refractivity contribution in [3.8, 4) is 0 Å². The molecule has 1 aromatic carbocycles. The highest BCUT2D eigenvalue weighted by Gasteiger charge is 2.36. The highest BCUT2D eigenvalue weighted by molar-refractivity contribution is 5.88. The first-order valence-electron chi connectivity index (χ1n) is 8.38. The molecule has 0 fully saturated rings. The fourth-order valence-corrected chi connectivity index (χ4v) is 3.42. The molecule has 3 rings (SSSR count). The summed E-state index contributed by atoms with van der Waals surface area (Å²) in [6.45, 7) is 0.948. The number of hydrogen-bond donors (Lipinski definition) is 2. The molecule has 1 atom stereocenters. The molecule has 1 unspecified atom stereocenters. The molecule has 0 saturated carbocycles. The summed E-state index contributed by atoms with van der Waals surface area (Å²) in [6, 6.07) is 7.15. The average molecular weight is 341 g/mol. The van der Waals surface area contributed by atoms with Crippen molar-refractivity contribution in [2.24, 2.45) is 18.5 Å². The van der Waals surface area contributed by atoms with E-state index in [1.807, 2.05) is 31.3 Å². The number of carbonyl (C=O) groups is 2. The lowest BCUT2D eigenvalue weighted by Crippen LogP contribution is -2.45. The molecular weight excluding hydrogens is 318 g/mol. The number of fused-ring (bicyclic) bond motifs is 1. The van der Waals surface area contributed by atoms with Crippen LogP contribution in [0.5, 0.6) is 0 Å². The molecule has 2 aromatic rings. The number of rotatable bonds is 5. The summed E-state index contributed by atoms with van der Waals surface area (Å²) < 4.78 is 1.74. The maximum Gasteiger partial charge on any atom is 0.245 e. The number of primary amides is 1. The maximum absolute atomic E-state index is 12.7. The summed E-state index contributed by atoms with van der Waals surface area (Å²) in [5.41, 5.74) is 15.0. The van der Waals surface area contributed by atoms with Crippen molar-refractivity contribution in [3.63, 3.8) is 0 Å². The number of hydrogen-bond acceptors (Lipinski definition) is 4. The van der Waals surface area contributed by atoms with Crippen LogP contribution in [0.4, 0.5) is 0 Å². The lowest BCUT2D eigenvalue weighted by atomic mass is 9.97. The minimum absolute atomic E-state index is 0.0727. The van der Waals surface area contributed by atoms with Crippen molar-refractivity contribution in [2.45, 2.75) is 31.8 Å². The molecule has 1 aliphatic heterocycles. The van der Waals surface area contributed by atoms with Gasteiger partial charge in [-0.3, -0.25) is 14.3 Å². The molecule has 7 nitrogen and oxygen atoms in total. The fraction of sp³-hybridized carbons (Fsp3) is 0.389. The molecule has 4 N–H and O–H groups in total. The molecular formula is C18H23N5O2. The van der Waals surface area contributed by atoms with Gasteiger partial charge in [-0.25, -0.2) is 0 Å². The van der Waals surface area contributed by atoms with Gasteiger partial charge in [0, 0.05) is 44.2 Å². The smallest absolute Gasteiger partial charge is 0.245 e. The zero-order valence-corrected chi connectivity index (χ0v) is 14.3. The molecule has 0 spiro atoms. The van der Waals surface area contributed by atoms with Crippen molar-refractivity contribution < 1.29 is 9.59 Å². The lowest BCUT2D eigenvalue weighted by Gasteiger charge is -2.34. The van der Waals surface area contributed by atoms with Crippen LogP contribution in [0.2, 0.25) is 0 Å². The minimum atomic E-state index is -0.736. The van der Waals surface area contributed by atoms with E-state index < -0.39 is 11.9 Å². The van der Waals surface area contributed by atoms with E-state index in [-0.39, 0.29) is 5.91 Å². The van der Waals surface area contributed by atoms with Crippen LogP contribution in [0.15, 0.2) is 30.5 Å². The van der Waals surface area contributed by atoms with Crippen molar-refractivity contribution >= 4 is 11.8 Å². The van der Waals surface area contributed by atoms with Gasteiger partial charge in [-0.2, -0.15) is 5.10 Å². The molecule has 25 heavy (non-hydrogen) atoms. The second-order valence-electron chi connectivity index (χ2n) is 6.34. The van der Waals surface area contributed by atoms with Crippen LogP contribution in [0.3, 0.4) is 0 Å². The zero-order valence-electron chi connectivity index (χ0n) is 14.3. The Labute approximate surface area is 146 Å². The second-order valence-corrected chi connectivity index (χ2v) is 6.34. The largest absolute Gasteiger partial charge is 0.368 e. The number of benzene rings is 1. The molecule has 0 bridgehead atoms. The van der Waals surface area contributed by atoms with Crippen LogP contribution in [0, 0.1) is 0 Å². The quantitative estimate of drug-likeness (QED) is 0.822. The number of carbonyl (C=O) groups excluding carboxylic acids is 2. The van der Waals surface area contributed by atoms with Gasteiger partial charge in [-0.1, -0.05) is 24.3 Å². The van der Waals surface area contributed by atoms with E-state index in [2.05, 4.69) is 5.10 Å². The Morgan fingerprint density at radius 2 is 2.08 bits per heavy atom. The number of amides is 2. The highest BCUT2D eigenvalue weighted by atomic mass is 16.2. The van der Waals surface area contributed by atoms with E-state index in [1.165, 1.54) is 0 Å². The van der Waals surface area contributed by atoms with Crippen molar-refractivity contribution in [1.82, 2.24) is 14.7 Å². The van der Waals surface area contributed by atoms with Crippen LogP contribution >= 0.6 is 0 Å². The van der Waals surface area contributed by atoms with Gasteiger partial charge in [-0.15, -0.1) is 0 Å². The predicted octanol–water partition coefficient (Wildman–Crippen LogP) is 0.423. The maximum atomic E-state index is 12.7. The number of nitrogens with zero attached hydrogens (tertiary/aromatic N) is 3. The Balaban J connectivity index is 1.74. The third kappa shape index (κ3) is 3.41. The third-order valence-corrected chi connectivity index (χ3v) is 4.73. The summed E-state index contributed by atoms with van der Waals surface area (Å²) in [5.74, 6) is -0.594. The van der Waals surface area contributed by atoms with Gasteiger partial charge < -0.3 is 16.4 Å². The molecule has 132 valence electrons. The third-order valence-electron chi connectivity index (χ3n) is 4.73. The van der Waals surface area contributed by atoms with E-state index in [0.29, 0.717) is 32.4 Å². The van der Waals surface area contributed by atoms with Gasteiger partial charge in [0.25, 0.3) is 0 Å². The Morgan fingerprint density at radius 1 is 1.32 bits per heavy atom. The van der Waals surface area contributed by atoms with E-state index in [9.17, 15) is 9.59 Å². The molecule has 0 radical (unpaired) electrons. The Hall–Kier alpha value is -2.67. The van der Waals surface area contributed by atoms with E-state index in [4.69, 9.17) is 11.5 Å². The fourth-order valence-electron chi connectivity index (χ4n) is 3.42. The van der Waals surface area contributed by atoms with E-state index in [0.717, 1.165) is 22.4 Å². The first kappa shape index (κ1) is 17.2. The summed E-state index contributed by atoms with van der Waals surface area (Å²) >= 11 is 0. The topological polar surface area (TPSA) is 107 Å². The van der Waals surface area contributed by atoms with Gasteiger partial charge >= 0.3 is 0 Å². The van der Waals surface area contributed by atoms with Crippen LogP contribution in [-0.2, 0) is 36.0 Å². The molecule has 1 aliphatic rings. The first-order chi connectivity index (χ1) is 12.0. The highest BCUT2D eigenvalue weighted by Crippen LogP contribution is 2.29. The van der Waals surface area contributed by atoms with Crippen LogP contribution < -0.4 is 11.5 Å². The van der Waals surface area contributed by atoms with E-state index in [1.54, 1.807) is 15.8 Å². The van der Waals surface area contributed by atoms with Gasteiger partial charge in [0.1, 0.15) is 6.04 Å². The molecule has 1 aromatic heterocycles. The Kier molecular flexibility index (Phi) is 4.85. The SMILES string of the molecule is Cn1ncc2c1CCN(C(=O)CCc1cccc(CN)c1)C2C(N)=O. The van der Waals surface area contributed by atoms with Gasteiger partial charge in [0.15, 0.2) is 0 Å². The van der Waals surface area contributed by atoms with E-state index >= 15 is 0 Å². The first-order valence-corrected chi connectivity index (χ1v) is 8.38. The van der Waals surface area contributed by atoms with Crippen molar-refractivity contribution in [2.75, 3.05) is 6.54 Å². The Morgan fingerprint density at radius 3 is 2.80 bits per heavy atom. The monoisotopic (exact) mass is 341 g/mol. The summed E-state index contributed by atoms with van der Waals surface area (Å²) in [4.78, 5) is 26.3. The normalized spacial score (nSPS) is 16.6. The van der Waals surface area contributed by atoms with Crippen molar-refractivity contribution in [1.29, 1.82) is 0 Å². The van der Waals surface area contributed by atoms with Crippen LogP contribution in [0.1, 0.15) is 34.8 Å². The summed E-state index contributed by atoms with van der Waals surface area (Å²) in [6.07, 6.45) is 3.24. The summed E-state index contributed by atoms with van der Waals surface area (Å²) in [7, 11) is 1.83. The average Bonchev–Trinajstić information content (AvgIpc) is 3.00. The zero-order chi connectivity index (χ0) is 18.0.